The van der Waals surface area contributed by atoms with Gasteiger partial charge in [-0.1, -0.05) is 37.1 Å². The first-order valence-corrected chi connectivity index (χ1v) is 8.19. The molecule has 0 spiro atoms. The molecule has 1 aliphatic heterocycles. The van der Waals surface area contributed by atoms with E-state index in [2.05, 4.69) is 0 Å². The van der Waals surface area contributed by atoms with Crippen molar-refractivity contribution in [2.45, 2.75) is 44.4 Å². The number of fused-ring (bicyclic) bond motifs is 3. The molecule has 2 aliphatic rings. The van der Waals surface area contributed by atoms with Crippen LogP contribution >= 0.6 is 0 Å². The van der Waals surface area contributed by atoms with E-state index in [-0.39, 0.29) is 11.9 Å². The first kappa shape index (κ1) is 14.4. The number of aliphatic hydroxyl groups is 1. The van der Waals surface area contributed by atoms with Crippen LogP contribution in [0.4, 0.5) is 0 Å². The lowest BCUT2D eigenvalue weighted by molar-refractivity contribution is 0.0192. The molecule has 2 unspecified atom stereocenters. The topological polar surface area (TPSA) is 57.6 Å². The van der Waals surface area contributed by atoms with E-state index >= 15 is 0 Å². The van der Waals surface area contributed by atoms with Crippen LogP contribution in [-0.4, -0.2) is 34.3 Å². The molecule has 1 fully saturated rings. The third-order valence-electron chi connectivity index (χ3n) is 5.23. The number of hydrogen-bond acceptors (Lipinski definition) is 3. The first-order chi connectivity index (χ1) is 11.2. The molecule has 2 atom stereocenters. The maximum Gasteiger partial charge on any atom is 0.254 e. The molecule has 118 valence electrons. The fourth-order valence-electron chi connectivity index (χ4n) is 4.04. The summed E-state index contributed by atoms with van der Waals surface area (Å²) in [7, 11) is 0. The monoisotopic (exact) mass is 309 g/mol. The number of benzene rings is 2. The molecular formula is C19H19NO3. The standard InChI is InChI=1S/C19H19NO3/c21-11-12-9-15-16(14-6-2-1-5-13(12)14)10-20(19(15)23)17-7-3-4-8-18(17)22/h1-2,5-6,9,11,17-18,22H,3-4,7-8,10H2. The lowest BCUT2D eigenvalue weighted by Gasteiger charge is -2.35. The van der Waals surface area contributed by atoms with Gasteiger partial charge in [0, 0.05) is 17.7 Å². The summed E-state index contributed by atoms with van der Waals surface area (Å²) in [4.78, 5) is 26.1. The van der Waals surface area contributed by atoms with Crippen molar-refractivity contribution >= 4 is 23.0 Å². The Morgan fingerprint density at radius 2 is 1.87 bits per heavy atom. The molecule has 2 aromatic rings. The number of aldehydes is 1. The Kier molecular flexibility index (Phi) is 3.42. The summed E-state index contributed by atoms with van der Waals surface area (Å²) in [5, 5.41) is 12.1. The van der Waals surface area contributed by atoms with Gasteiger partial charge in [0.05, 0.1) is 12.1 Å². The molecule has 4 heteroatoms. The highest BCUT2D eigenvalue weighted by molar-refractivity contribution is 6.09. The van der Waals surface area contributed by atoms with Crippen LogP contribution in [0.15, 0.2) is 30.3 Å². The van der Waals surface area contributed by atoms with Crippen molar-refractivity contribution in [3.8, 4) is 0 Å². The molecule has 0 radical (unpaired) electrons. The fourth-order valence-corrected chi connectivity index (χ4v) is 4.04. The van der Waals surface area contributed by atoms with E-state index in [9.17, 15) is 14.7 Å². The number of carbonyl (C=O) groups excluding carboxylic acids is 2. The van der Waals surface area contributed by atoms with E-state index in [0.29, 0.717) is 17.7 Å². The summed E-state index contributed by atoms with van der Waals surface area (Å²) in [6.45, 7) is 0.523. The van der Waals surface area contributed by atoms with Crippen LogP contribution in [0.3, 0.4) is 0 Å². The fraction of sp³-hybridized carbons (Fsp3) is 0.368. The Balaban J connectivity index is 1.82. The molecule has 1 amide bonds. The molecule has 2 aromatic carbocycles. The van der Waals surface area contributed by atoms with Crippen LogP contribution in [-0.2, 0) is 6.54 Å². The van der Waals surface area contributed by atoms with Gasteiger partial charge in [0.2, 0.25) is 0 Å². The molecule has 1 saturated carbocycles. The highest BCUT2D eigenvalue weighted by Crippen LogP contribution is 2.36. The lowest BCUT2D eigenvalue weighted by atomic mass is 9.91. The molecule has 1 aliphatic carbocycles. The smallest absolute Gasteiger partial charge is 0.254 e. The van der Waals surface area contributed by atoms with Crippen LogP contribution in [0.2, 0.25) is 0 Å². The number of carbonyl (C=O) groups is 2. The van der Waals surface area contributed by atoms with Crippen LogP contribution in [0, 0.1) is 0 Å². The predicted octanol–water partition coefficient (Wildman–Crippen LogP) is 2.91. The Bertz CT molecular complexity index is 799. The summed E-state index contributed by atoms with van der Waals surface area (Å²) in [5.41, 5.74) is 2.15. The Morgan fingerprint density at radius 1 is 1.13 bits per heavy atom. The van der Waals surface area contributed by atoms with Crippen LogP contribution in [0.5, 0.6) is 0 Å². The van der Waals surface area contributed by atoms with Crippen molar-refractivity contribution in [2.75, 3.05) is 0 Å². The predicted molar refractivity (Wildman–Crippen MR) is 87.5 cm³/mol. The van der Waals surface area contributed by atoms with E-state index in [0.717, 1.165) is 48.3 Å². The lowest BCUT2D eigenvalue weighted by Crippen LogP contribution is -2.45. The van der Waals surface area contributed by atoms with Gasteiger partial charge in [-0.15, -0.1) is 0 Å². The normalized spacial score (nSPS) is 24.0. The molecule has 0 saturated heterocycles. The third kappa shape index (κ3) is 2.17. The largest absolute Gasteiger partial charge is 0.391 e. The van der Waals surface area contributed by atoms with E-state index in [4.69, 9.17) is 0 Å². The van der Waals surface area contributed by atoms with Gasteiger partial charge in [-0.3, -0.25) is 9.59 Å². The van der Waals surface area contributed by atoms with Gasteiger partial charge in [-0.25, -0.2) is 0 Å². The number of amides is 1. The average Bonchev–Trinajstić information content (AvgIpc) is 2.91. The van der Waals surface area contributed by atoms with Crippen molar-refractivity contribution in [2.24, 2.45) is 0 Å². The molecule has 0 aromatic heterocycles. The highest BCUT2D eigenvalue weighted by Gasteiger charge is 2.38. The minimum absolute atomic E-state index is 0.0557. The molecule has 23 heavy (non-hydrogen) atoms. The summed E-state index contributed by atoms with van der Waals surface area (Å²) in [6.07, 6.45) is 4.03. The van der Waals surface area contributed by atoms with E-state index < -0.39 is 6.10 Å². The van der Waals surface area contributed by atoms with E-state index in [1.165, 1.54) is 0 Å². The van der Waals surface area contributed by atoms with Crippen molar-refractivity contribution in [1.82, 2.24) is 4.90 Å². The van der Waals surface area contributed by atoms with Gasteiger partial charge in [-0.2, -0.15) is 0 Å². The SMILES string of the molecule is O=Cc1cc2c(c3ccccc13)CN(C1CCCCC1O)C2=O. The maximum atomic E-state index is 12.9. The van der Waals surface area contributed by atoms with Gasteiger partial charge in [0.1, 0.15) is 0 Å². The molecule has 4 nitrogen and oxygen atoms in total. The Morgan fingerprint density at radius 3 is 2.61 bits per heavy atom. The van der Waals surface area contributed by atoms with E-state index in [1.54, 1.807) is 11.0 Å². The molecule has 0 bridgehead atoms. The summed E-state index contributed by atoms with van der Waals surface area (Å²) in [5.74, 6) is -0.0557. The third-order valence-corrected chi connectivity index (χ3v) is 5.23. The summed E-state index contributed by atoms with van der Waals surface area (Å²) in [6, 6.07) is 9.32. The number of hydrogen-bond donors (Lipinski definition) is 1. The second-order valence-electron chi connectivity index (χ2n) is 6.51. The van der Waals surface area contributed by atoms with Crippen molar-refractivity contribution < 1.29 is 14.7 Å². The minimum Gasteiger partial charge on any atom is -0.391 e. The zero-order chi connectivity index (χ0) is 16.0. The number of nitrogens with zero attached hydrogens (tertiary/aromatic N) is 1. The van der Waals surface area contributed by atoms with Gasteiger partial charge >= 0.3 is 0 Å². The maximum absolute atomic E-state index is 12.9. The average molecular weight is 309 g/mol. The molecular weight excluding hydrogens is 290 g/mol. The van der Waals surface area contributed by atoms with Gasteiger partial charge in [0.25, 0.3) is 5.91 Å². The van der Waals surface area contributed by atoms with Gasteiger partial charge < -0.3 is 10.0 Å². The molecule has 1 N–H and O–H groups in total. The zero-order valence-electron chi connectivity index (χ0n) is 12.9. The second kappa shape index (κ2) is 5.46. The molecule has 1 heterocycles. The van der Waals surface area contributed by atoms with Gasteiger partial charge in [-0.05, 0) is 35.2 Å². The Labute approximate surface area is 134 Å². The Hall–Kier alpha value is -2.20. The van der Waals surface area contributed by atoms with E-state index in [1.807, 2.05) is 24.3 Å². The molecule has 4 rings (SSSR count). The number of aliphatic hydroxyl groups excluding tert-OH is 1. The first-order valence-electron chi connectivity index (χ1n) is 8.19. The summed E-state index contributed by atoms with van der Waals surface area (Å²) < 4.78 is 0. The quantitative estimate of drug-likeness (QED) is 0.868. The van der Waals surface area contributed by atoms with Crippen molar-refractivity contribution in [3.05, 3.63) is 47.0 Å². The zero-order valence-corrected chi connectivity index (χ0v) is 12.9. The number of rotatable bonds is 2. The van der Waals surface area contributed by atoms with Crippen LogP contribution < -0.4 is 0 Å². The van der Waals surface area contributed by atoms with Crippen LogP contribution in [0.1, 0.15) is 52.0 Å². The summed E-state index contributed by atoms with van der Waals surface area (Å²) >= 11 is 0. The van der Waals surface area contributed by atoms with Crippen molar-refractivity contribution in [3.63, 3.8) is 0 Å². The second-order valence-corrected chi connectivity index (χ2v) is 6.51. The van der Waals surface area contributed by atoms with Gasteiger partial charge in [0.15, 0.2) is 6.29 Å². The van der Waals surface area contributed by atoms with Crippen molar-refractivity contribution in [1.29, 1.82) is 0 Å². The highest BCUT2D eigenvalue weighted by atomic mass is 16.3. The minimum atomic E-state index is -0.446. The van der Waals surface area contributed by atoms with Crippen LogP contribution in [0.25, 0.3) is 10.8 Å².